The number of hydrogen-bond donors (Lipinski definition) is 0. The van der Waals surface area contributed by atoms with Crippen molar-refractivity contribution in [2.45, 2.75) is 11.8 Å². The molecule has 0 spiro atoms. The van der Waals surface area contributed by atoms with E-state index in [0.717, 1.165) is 11.3 Å². The van der Waals surface area contributed by atoms with Gasteiger partial charge in [0.15, 0.2) is 0 Å². The van der Waals surface area contributed by atoms with Crippen molar-refractivity contribution in [2.75, 3.05) is 16.2 Å². The second-order valence-electron chi connectivity index (χ2n) is 5.66. The van der Waals surface area contributed by atoms with E-state index in [4.69, 9.17) is 0 Å². The molecule has 0 amide bonds. The SMILES string of the molecule is Cc1ccc(S(=O)(=O)N(CCBr)c2ccccc2-n2cccc2)cc1. The Morgan fingerprint density at radius 3 is 2.24 bits per heavy atom. The van der Waals surface area contributed by atoms with Crippen LogP contribution in [0, 0.1) is 6.92 Å². The summed E-state index contributed by atoms with van der Waals surface area (Å²) < 4.78 is 29.9. The zero-order chi connectivity index (χ0) is 17.9. The number of sulfonamides is 1. The largest absolute Gasteiger partial charge is 0.322 e. The van der Waals surface area contributed by atoms with Crippen molar-refractivity contribution >= 4 is 31.6 Å². The van der Waals surface area contributed by atoms with E-state index in [-0.39, 0.29) is 0 Å². The van der Waals surface area contributed by atoms with Gasteiger partial charge in [0.25, 0.3) is 10.0 Å². The van der Waals surface area contributed by atoms with Gasteiger partial charge in [-0.2, -0.15) is 0 Å². The van der Waals surface area contributed by atoms with Gasteiger partial charge in [-0.15, -0.1) is 0 Å². The lowest BCUT2D eigenvalue weighted by atomic mass is 10.2. The van der Waals surface area contributed by atoms with Gasteiger partial charge in [-0.3, -0.25) is 4.31 Å². The minimum Gasteiger partial charge on any atom is -0.322 e. The number of alkyl halides is 1. The van der Waals surface area contributed by atoms with Crippen molar-refractivity contribution in [3.05, 3.63) is 78.6 Å². The number of rotatable bonds is 6. The summed E-state index contributed by atoms with van der Waals surface area (Å²) in [4.78, 5) is 0.293. The van der Waals surface area contributed by atoms with Gasteiger partial charge in [0.2, 0.25) is 0 Å². The van der Waals surface area contributed by atoms with Crippen LogP contribution >= 0.6 is 15.9 Å². The van der Waals surface area contributed by atoms with E-state index in [1.807, 2.05) is 72.4 Å². The van der Waals surface area contributed by atoms with Gasteiger partial charge < -0.3 is 4.57 Å². The lowest BCUT2D eigenvalue weighted by Gasteiger charge is -2.26. The van der Waals surface area contributed by atoms with Gasteiger partial charge >= 0.3 is 0 Å². The highest BCUT2D eigenvalue weighted by Crippen LogP contribution is 2.30. The zero-order valence-electron chi connectivity index (χ0n) is 13.8. The molecule has 0 saturated heterocycles. The number of aromatic nitrogens is 1. The Morgan fingerprint density at radius 2 is 1.60 bits per heavy atom. The molecule has 0 radical (unpaired) electrons. The highest BCUT2D eigenvalue weighted by Gasteiger charge is 2.26. The Hall–Kier alpha value is -2.05. The molecule has 1 aromatic heterocycles. The van der Waals surface area contributed by atoms with Crippen molar-refractivity contribution in [1.82, 2.24) is 4.57 Å². The molecule has 3 aromatic rings. The van der Waals surface area contributed by atoms with E-state index in [0.29, 0.717) is 22.5 Å². The first-order valence-electron chi connectivity index (χ1n) is 7.92. The first kappa shape index (κ1) is 17.8. The number of anilines is 1. The van der Waals surface area contributed by atoms with Crippen LogP contribution in [0.15, 0.2) is 78.0 Å². The van der Waals surface area contributed by atoms with Crippen molar-refractivity contribution in [3.8, 4) is 5.69 Å². The number of para-hydroxylation sites is 2. The number of benzene rings is 2. The van der Waals surface area contributed by atoms with Crippen LogP contribution in [0.5, 0.6) is 0 Å². The predicted molar refractivity (Wildman–Crippen MR) is 105 cm³/mol. The van der Waals surface area contributed by atoms with E-state index in [2.05, 4.69) is 15.9 Å². The van der Waals surface area contributed by atoms with E-state index in [1.165, 1.54) is 4.31 Å². The minimum absolute atomic E-state index is 0.293. The summed E-state index contributed by atoms with van der Waals surface area (Å²) in [7, 11) is -3.66. The molecular weight excluding hydrogens is 400 g/mol. The summed E-state index contributed by atoms with van der Waals surface area (Å²) in [5.41, 5.74) is 2.50. The van der Waals surface area contributed by atoms with Crippen LogP contribution in [0.3, 0.4) is 0 Å². The van der Waals surface area contributed by atoms with Gasteiger partial charge in [-0.1, -0.05) is 45.8 Å². The highest BCUT2D eigenvalue weighted by molar-refractivity contribution is 9.09. The van der Waals surface area contributed by atoms with Crippen molar-refractivity contribution in [2.24, 2.45) is 0 Å². The summed E-state index contributed by atoms with van der Waals surface area (Å²) in [6.45, 7) is 2.28. The fourth-order valence-corrected chi connectivity index (χ4v) is 4.74. The van der Waals surface area contributed by atoms with Crippen LogP contribution in [-0.2, 0) is 10.0 Å². The van der Waals surface area contributed by atoms with Crippen LogP contribution in [0.25, 0.3) is 5.69 Å². The standard InChI is InChI=1S/C19H19BrN2O2S/c1-16-8-10-17(11-9-16)25(23,24)22(15-12-20)19-7-3-2-6-18(19)21-13-4-5-14-21/h2-11,13-14H,12,15H2,1H3. The monoisotopic (exact) mass is 418 g/mol. The van der Waals surface area contributed by atoms with E-state index < -0.39 is 10.0 Å². The topological polar surface area (TPSA) is 42.3 Å². The quantitative estimate of drug-likeness (QED) is 0.557. The molecule has 0 aliphatic heterocycles. The lowest BCUT2D eigenvalue weighted by Crippen LogP contribution is -2.33. The van der Waals surface area contributed by atoms with E-state index in [1.54, 1.807) is 12.1 Å². The zero-order valence-corrected chi connectivity index (χ0v) is 16.2. The Morgan fingerprint density at radius 1 is 0.960 bits per heavy atom. The molecule has 2 aromatic carbocycles. The molecule has 0 saturated carbocycles. The fourth-order valence-electron chi connectivity index (χ4n) is 2.67. The van der Waals surface area contributed by atoms with Crippen molar-refractivity contribution < 1.29 is 8.42 Å². The molecule has 4 nitrogen and oxygen atoms in total. The van der Waals surface area contributed by atoms with E-state index in [9.17, 15) is 8.42 Å². The summed E-state index contributed by atoms with van der Waals surface area (Å²) in [6, 6.07) is 18.3. The molecule has 1 heterocycles. The summed E-state index contributed by atoms with van der Waals surface area (Å²) in [5, 5.41) is 0.540. The van der Waals surface area contributed by atoms with Gasteiger partial charge in [0, 0.05) is 24.3 Å². The first-order chi connectivity index (χ1) is 12.0. The number of hydrogen-bond acceptors (Lipinski definition) is 2. The molecule has 0 unspecified atom stereocenters. The van der Waals surface area contributed by atoms with Crippen molar-refractivity contribution in [3.63, 3.8) is 0 Å². The Balaban J connectivity index is 2.13. The number of nitrogens with zero attached hydrogens (tertiary/aromatic N) is 2. The molecule has 0 bridgehead atoms. The third-order valence-electron chi connectivity index (χ3n) is 3.93. The molecule has 0 aliphatic rings. The average molecular weight is 419 g/mol. The Bertz CT molecular complexity index is 936. The second kappa shape index (κ2) is 7.45. The fraction of sp³-hybridized carbons (Fsp3) is 0.158. The van der Waals surface area contributed by atoms with Crippen LogP contribution in [0.1, 0.15) is 5.56 Å². The normalized spacial score (nSPS) is 11.4. The first-order valence-corrected chi connectivity index (χ1v) is 10.5. The second-order valence-corrected chi connectivity index (χ2v) is 8.31. The number of halogens is 1. The summed E-state index contributed by atoms with van der Waals surface area (Å²) >= 11 is 3.38. The third kappa shape index (κ3) is 3.65. The van der Waals surface area contributed by atoms with Crippen LogP contribution < -0.4 is 4.31 Å². The maximum atomic E-state index is 13.3. The maximum absolute atomic E-state index is 13.3. The highest BCUT2D eigenvalue weighted by atomic mass is 79.9. The van der Waals surface area contributed by atoms with Gasteiger partial charge in [-0.25, -0.2) is 8.42 Å². The molecular formula is C19H19BrN2O2S. The molecule has 0 aliphatic carbocycles. The van der Waals surface area contributed by atoms with E-state index >= 15 is 0 Å². The van der Waals surface area contributed by atoms with Crippen molar-refractivity contribution in [1.29, 1.82) is 0 Å². The number of aryl methyl sites for hydroxylation is 1. The molecule has 130 valence electrons. The smallest absolute Gasteiger partial charge is 0.264 e. The van der Waals surface area contributed by atoms with Crippen LogP contribution in [0.2, 0.25) is 0 Å². The molecule has 3 rings (SSSR count). The average Bonchev–Trinajstić information content (AvgIpc) is 3.14. The summed E-state index contributed by atoms with van der Waals surface area (Å²) in [6.07, 6.45) is 3.81. The van der Waals surface area contributed by atoms with Crippen LogP contribution in [0.4, 0.5) is 5.69 Å². The third-order valence-corrected chi connectivity index (χ3v) is 6.11. The molecule has 0 fully saturated rings. The minimum atomic E-state index is -3.66. The Kier molecular flexibility index (Phi) is 5.30. The van der Waals surface area contributed by atoms with Gasteiger partial charge in [0.1, 0.15) is 0 Å². The molecule has 6 heteroatoms. The molecule has 0 N–H and O–H groups in total. The maximum Gasteiger partial charge on any atom is 0.264 e. The van der Waals surface area contributed by atoms with Gasteiger partial charge in [-0.05, 0) is 43.3 Å². The molecule has 25 heavy (non-hydrogen) atoms. The lowest BCUT2D eigenvalue weighted by molar-refractivity contribution is 0.592. The summed E-state index contributed by atoms with van der Waals surface area (Å²) in [5.74, 6) is 0. The Labute approximate surface area is 156 Å². The van der Waals surface area contributed by atoms with Gasteiger partial charge in [0.05, 0.1) is 16.3 Å². The van der Waals surface area contributed by atoms with Crippen LogP contribution in [-0.4, -0.2) is 24.9 Å². The predicted octanol–water partition coefficient (Wildman–Crippen LogP) is 4.38. The molecule has 0 atom stereocenters.